The Morgan fingerprint density at radius 3 is 1.93 bits per heavy atom. The molecule has 0 bridgehead atoms. The van der Waals surface area contributed by atoms with Crippen LogP contribution in [0.1, 0.15) is 34.6 Å². The Kier molecular flexibility index (Phi) is 6.99. The quantitative estimate of drug-likeness (QED) is 0.703. The van der Waals surface area contributed by atoms with Crippen molar-refractivity contribution in [2.45, 2.75) is 34.6 Å². The Bertz CT molecular complexity index is 184. The predicted octanol–water partition coefficient (Wildman–Crippen LogP) is 2.91. The zero-order chi connectivity index (χ0) is 12.0. The normalized spacial score (nSPS) is 13.7. The third-order valence-corrected chi connectivity index (χ3v) is 3.37. The van der Waals surface area contributed by atoms with Crippen molar-refractivity contribution in [2.75, 3.05) is 12.4 Å². The Morgan fingerprint density at radius 1 is 1.13 bits per heavy atom. The van der Waals surface area contributed by atoms with Gasteiger partial charge in [0.05, 0.1) is 0 Å². The van der Waals surface area contributed by atoms with E-state index in [2.05, 4.69) is 33.0 Å². The number of carbonyl (C=O) groups excluding carboxylic acids is 1. The summed E-state index contributed by atoms with van der Waals surface area (Å²) in [5, 5.41) is 2.97. The summed E-state index contributed by atoms with van der Waals surface area (Å²) in [6, 6.07) is 0. The minimum Gasteiger partial charge on any atom is -0.356 e. The first-order chi connectivity index (χ1) is 6.90. The van der Waals surface area contributed by atoms with E-state index in [1.54, 1.807) is 0 Å². The molecule has 0 fully saturated rings. The van der Waals surface area contributed by atoms with E-state index in [0.717, 1.165) is 6.54 Å². The van der Waals surface area contributed by atoms with E-state index in [4.69, 9.17) is 11.6 Å². The van der Waals surface area contributed by atoms with Crippen molar-refractivity contribution in [2.24, 2.45) is 23.7 Å². The van der Waals surface area contributed by atoms with Crippen molar-refractivity contribution in [3.63, 3.8) is 0 Å². The highest BCUT2D eigenvalue weighted by molar-refractivity contribution is 6.19. The summed E-state index contributed by atoms with van der Waals surface area (Å²) in [5.74, 6) is 2.09. The summed E-state index contributed by atoms with van der Waals surface area (Å²) in [7, 11) is 0. The standard InChI is InChI=1S/C12H24ClNO/c1-8(2)11(9(3)4)7-14-12(15)10(5)6-13/h8-11H,6-7H2,1-5H3,(H,14,15). The van der Waals surface area contributed by atoms with Crippen molar-refractivity contribution in [1.82, 2.24) is 5.32 Å². The molecule has 0 saturated heterocycles. The number of alkyl halides is 1. The van der Waals surface area contributed by atoms with Gasteiger partial charge in [-0.15, -0.1) is 11.6 Å². The van der Waals surface area contributed by atoms with Crippen LogP contribution in [-0.2, 0) is 4.79 Å². The molecule has 0 radical (unpaired) electrons. The Balaban J connectivity index is 4.05. The van der Waals surface area contributed by atoms with Crippen LogP contribution in [-0.4, -0.2) is 18.3 Å². The van der Waals surface area contributed by atoms with Crippen LogP contribution in [0.4, 0.5) is 0 Å². The van der Waals surface area contributed by atoms with Crippen molar-refractivity contribution >= 4 is 17.5 Å². The highest BCUT2D eigenvalue weighted by Gasteiger charge is 2.19. The summed E-state index contributed by atoms with van der Waals surface area (Å²) in [5.41, 5.74) is 0. The molecule has 0 spiro atoms. The fourth-order valence-corrected chi connectivity index (χ4v) is 1.84. The van der Waals surface area contributed by atoms with E-state index in [1.165, 1.54) is 0 Å². The molecule has 1 unspecified atom stereocenters. The van der Waals surface area contributed by atoms with Crippen LogP contribution in [0.25, 0.3) is 0 Å². The second-order valence-corrected chi connectivity index (χ2v) is 5.26. The van der Waals surface area contributed by atoms with Crippen LogP contribution in [0.3, 0.4) is 0 Å². The van der Waals surface area contributed by atoms with Crippen LogP contribution in [0.5, 0.6) is 0 Å². The number of rotatable bonds is 6. The average molecular weight is 234 g/mol. The van der Waals surface area contributed by atoms with Crippen molar-refractivity contribution in [1.29, 1.82) is 0 Å². The molecule has 0 aromatic heterocycles. The third-order valence-electron chi connectivity index (χ3n) is 2.90. The Hall–Kier alpha value is -0.240. The van der Waals surface area contributed by atoms with Gasteiger partial charge in [-0.25, -0.2) is 0 Å². The van der Waals surface area contributed by atoms with Gasteiger partial charge in [-0.3, -0.25) is 4.79 Å². The molecule has 0 heterocycles. The highest BCUT2D eigenvalue weighted by atomic mass is 35.5. The molecule has 1 amide bonds. The van der Waals surface area contributed by atoms with Crippen molar-refractivity contribution < 1.29 is 4.79 Å². The van der Waals surface area contributed by atoms with Crippen molar-refractivity contribution in [3.05, 3.63) is 0 Å². The SMILES string of the molecule is CC(CCl)C(=O)NCC(C(C)C)C(C)C. The van der Waals surface area contributed by atoms with E-state index in [-0.39, 0.29) is 11.8 Å². The van der Waals surface area contributed by atoms with E-state index in [9.17, 15) is 4.79 Å². The van der Waals surface area contributed by atoms with Crippen LogP contribution >= 0.6 is 11.6 Å². The molecule has 0 rings (SSSR count). The first kappa shape index (κ1) is 14.8. The molecule has 0 saturated carbocycles. The smallest absolute Gasteiger partial charge is 0.224 e. The van der Waals surface area contributed by atoms with Crippen LogP contribution in [0.2, 0.25) is 0 Å². The van der Waals surface area contributed by atoms with E-state index < -0.39 is 0 Å². The lowest BCUT2D eigenvalue weighted by molar-refractivity contribution is -0.124. The summed E-state index contributed by atoms with van der Waals surface area (Å²) >= 11 is 5.63. The van der Waals surface area contributed by atoms with Gasteiger partial charge in [-0.2, -0.15) is 0 Å². The van der Waals surface area contributed by atoms with Gasteiger partial charge in [-0.1, -0.05) is 34.6 Å². The maximum atomic E-state index is 11.5. The minimum absolute atomic E-state index is 0.0660. The summed E-state index contributed by atoms with van der Waals surface area (Å²) < 4.78 is 0. The van der Waals surface area contributed by atoms with E-state index >= 15 is 0 Å². The molecule has 0 aromatic rings. The molecular formula is C12H24ClNO. The molecule has 1 N–H and O–H groups in total. The average Bonchev–Trinajstić information content (AvgIpc) is 2.15. The largest absolute Gasteiger partial charge is 0.356 e. The van der Waals surface area contributed by atoms with E-state index in [1.807, 2.05) is 6.92 Å². The third kappa shape index (κ3) is 5.41. The molecule has 0 aromatic carbocycles. The highest BCUT2D eigenvalue weighted by Crippen LogP contribution is 2.19. The maximum absolute atomic E-state index is 11.5. The number of carbonyl (C=O) groups is 1. The lowest BCUT2D eigenvalue weighted by Gasteiger charge is -2.25. The summed E-state index contributed by atoms with van der Waals surface area (Å²) in [4.78, 5) is 11.5. The van der Waals surface area contributed by atoms with Crippen LogP contribution in [0, 0.1) is 23.7 Å². The van der Waals surface area contributed by atoms with Crippen LogP contribution < -0.4 is 5.32 Å². The minimum atomic E-state index is -0.0911. The fourth-order valence-electron chi connectivity index (χ4n) is 1.70. The van der Waals surface area contributed by atoms with Crippen LogP contribution in [0.15, 0.2) is 0 Å². The molecule has 2 nitrogen and oxygen atoms in total. The second-order valence-electron chi connectivity index (χ2n) is 4.95. The summed E-state index contributed by atoms with van der Waals surface area (Å²) in [6.45, 7) is 11.4. The van der Waals surface area contributed by atoms with Gasteiger partial charge in [0, 0.05) is 18.3 Å². The van der Waals surface area contributed by atoms with Gasteiger partial charge in [-0.05, 0) is 17.8 Å². The predicted molar refractivity (Wildman–Crippen MR) is 66.1 cm³/mol. The Labute approximate surface area is 98.8 Å². The number of hydrogen-bond acceptors (Lipinski definition) is 1. The molecule has 0 aliphatic rings. The van der Waals surface area contributed by atoms with Gasteiger partial charge in [0.2, 0.25) is 5.91 Å². The molecule has 0 aliphatic heterocycles. The number of halogens is 1. The lowest BCUT2D eigenvalue weighted by atomic mass is 9.85. The van der Waals surface area contributed by atoms with Crippen molar-refractivity contribution in [3.8, 4) is 0 Å². The molecule has 90 valence electrons. The fraction of sp³-hybridized carbons (Fsp3) is 0.917. The first-order valence-electron chi connectivity index (χ1n) is 5.73. The zero-order valence-corrected chi connectivity index (χ0v) is 11.3. The first-order valence-corrected chi connectivity index (χ1v) is 6.27. The molecule has 3 heteroatoms. The van der Waals surface area contributed by atoms with Gasteiger partial charge in [0.25, 0.3) is 0 Å². The number of nitrogens with one attached hydrogen (secondary N) is 1. The molecule has 1 atom stereocenters. The van der Waals surface area contributed by atoms with Gasteiger partial charge >= 0.3 is 0 Å². The monoisotopic (exact) mass is 233 g/mol. The topological polar surface area (TPSA) is 29.1 Å². The van der Waals surface area contributed by atoms with E-state index in [0.29, 0.717) is 23.6 Å². The second kappa shape index (κ2) is 7.10. The Morgan fingerprint density at radius 2 is 1.60 bits per heavy atom. The molecule has 0 aliphatic carbocycles. The zero-order valence-electron chi connectivity index (χ0n) is 10.5. The number of hydrogen-bond donors (Lipinski definition) is 1. The number of amides is 1. The van der Waals surface area contributed by atoms with Gasteiger partial charge < -0.3 is 5.32 Å². The van der Waals surface area contributed by atoms with Gasteiger partial charge in [0.1, 0.15) is 0 Å². The molecule has 15 heavy (non-hydrogen) atoms. The maximum Gasteiger partial charge on any atom is 0.224 e. The van der Waals surface area contributed by atoms with Gasteiger partial charge in [0.15, 0.2) is 0 Å². The molecular weight excluding hydrogens is 210 g/mol. The summed E-state index contributed by atoms with van der Waals surface area (Å²) in [6.07, 6.45) is 0. The lowest BCUT2D eigenvalue weighted by Crippen LogP contribution is -2.37.